The number of carbonyl (C=O) groups excluding carboxylic acids is 2. The van der Waals surface area contributed by atoms with E-state index in [0.29, 0.717) is 11.3 Å². The number of hydrogen-bond acceptors (Lipinski definition) is 3. The Bertz CT molecular complexity index is 990. The third-order valence-corrected chi connectivity index (χ3v) is 5.02. The second-order valence-electron chi connectivity index (χ2n) is 6.63. The molecule has 0 spiro atoms. The van der Waals surface area contributed by atoms with Gasteiger partial charge in [-0.2, -0.15) is 0 Å². The number of aryl methyl sites for hydroxylation is 1. The first kappa shape index (κ1) is 16.4. The van der Waals surface area contributed by atoms with Gasteiger partial charge in [0.25, 0.3) is 0 Å². The van der Waals surface area contributed by atoms with Gasteiger partial charge >= 0.3 is 5.97 Å². The van der Waals surface area contributed by atoms with Gasteiger partial charge in [0.1, 0.15) is 0 Å². The third kappa shape index (κ3) is 2.96. The van der Waals surface area contributed by atoms with Crippen LogP contribution < -0.4 is 5.32 Å². The first-order valence-corrected chi connectivity index (χ1v) is 8.73. The van der Waals surface area contributed by atoms with Gasteiger partial charge < -0.3 is 15.0 Å². The molecule has 1 aliphatic rings. The van der Waals surface area contributed by atoms with Crippen LogP contribution in [-0.4, -0.2) is 24.0 Å². The van der Waals surface area contributed by atoms with E-state index in [4.69, 9.17) is 4.74 Å². The predicted molar refractivity (Wildman–Crippen MR) is 100 cm³/mol. The maximum absolute atomic E-state index is 12.7. The van der Waals surface area contributed by atoms with Gasteiger partial charge in [-0.1, -0.05) is 24.3 Å². The Kier molecular flexibility index (Phi) is 4.21. The molecule has 5 nitrogen and oxygen atoms in total. The van der Waals surface area contributed by atoms with E-state index in [1.165, 1.54) is 23.8 Å². The maximum atomic E-state index is 12.7. The number of rotatable bonds is 3. The van der Waals surface area contributed by atoms with E-state index in [-0.39, 0.29) is 11.8 Å². The SMILES string of the molecule is COC(=O)c1cccc(NC(=O)C2CCc3[nH]c4ccccc4c3C2)c1. The van der Waals surface area contributed by atoms with Crippen molar-refractivity contribution in [3.8, 4) is 0 Å². The average molecular weight is 348 g/mol. The zero-order chi connectivity index (χ0) is 18.1. The highest BCUT2D eigenvalue weighted by Gasteiger charge is 2.27. The third-order valence-electron chi connectivity index (χ3n) is 5.02. The van der Waals surface area contributed by atoms with Crippen LogP contribution in [-0.2, 0) is 22.4 Å². The van der Waals surface area contributed by atoms with E-state index in [9.17, 15) is 9.59 Å². The smallest absolute Gasteiger partial charge is 0.337 e. The quantitative estimate of drug-likeness (QED) is 0.709. The van der Waals surface area contributed by atoms with Gasteiger partial charge in [-0.3, -0.25) is 4.79 Å². The van der Waals surface area contributed by atoms with Gasteiger partial charge in [-0.25, -0.2) is 4.79 Å². The molecular formula is C21H20N2O3. The molecule has 0 saturated carbocycles. The molecule has 2 aromatic carbocycles. The minimum absolute atomic E-state index is 0.0112. The molecule has 1 aromatic heterocycles. The standard InChI is InChI=1S/C21H20N2O3/c1-26-21(25)14-5-4-6-15(11-14)22-20(24)13-9-10-19-17(12-13)16-7-2-3-8-18(16)23-19/h2-8,11,13,23H,9-10,12H2,1H3,(H,22,24). The number of benzene rings is 2. The zero-order valence-corrected chi connectivity index (χ0v) is 14.5. The highest BCUT2D eigenvalue weighted by Crippen LogP contribution is 2.32. The van der Waals surface area contributed by atoms with Gasteiger partial charge in [0.15, 0.2) is 0 Å². The van der Waals surface area contributed by atoms with Crippen molar-refractivity contribution >= 4 is 28.5 Å². The Morgan fingerprint density at radius 2 is 2.00 bits per heavy atom. The molecular weight excluding hydrogens is 328 g/mol. The molecule has 132 valence electrons. The van der Waals surface area contributed by atoms with Crippen LogP contribution in [0, 0.1) is 5.92 Å². The molecule has 2 N–H and O–H groups in total. The van der Waals surface area contributed by atoms with Crippen LogP contribution in [0.25, 0.3) is 10.9 Å². The minimum Gasteiger partial charge on any atom is -0.465 e. The van der Waals surface area contributed by atoms with Gasteiger partial charge in [-0.05, 0) is 49.1 Å². The Balaban J connectivity index is 1.52. The second kappa shape index (κ2) is 6.67. The molecule has 1 amide bonds. The summed E-state index contributed by atoms with van der Waals surface area (Å²) in [5, 5.41) is 4.15. The molecule has 1 heterocycles. The topological polar surface area (TPSA) is 71.2 Å². The van der Waals surface area contributed by atoms with Crippen LogP contribution in [0.5, 0.6) is 0 Å². The first-order valence-electron chi connectivity index (χ1n) is 8.73. The highest BCUT2D eigenvalue weighted by atomic mass is 16.5. The fraction of sp³-hybridized carbons (Fsp3) is 0.238. The Morgan fingerprint density at radius 1 is 1.15 bits per heavy atom. The van der Waals surface area contributed by atoms with E-state index >= 15 is 0 Å². The van der Waals surface area contributed by atoms with Crippen LogP contribution in [0.4, 0.5) is 5.69 Å². The van der Waals surface area contributed by atoms with Crippen molar-refractivity contribution in [1.82, 2.24) is 4.98 Å². The molecule has 26 heavy (non-hydrogen) atoms. The number of fused-ring (bicyclic) bond motifs is 3. The summed E-state index contributed by atoms with van der Waals surface area (Å²) in [6.45, 7) is 0. The number of anilines is 1. The molecule has 0 fully saturated rings. The minimum atomic E-state index is -0.415. The number of para-hydroxylation sites is 1. The lowest BCUT2D eigenvalue weighted by molar-refractivity contribution is -0.120. The normalized spacial score (nSPS) is 16.1. The molecule has 1 atom stereocenters. The van der Waals surface area contributed by atoms with Crippen molar-refractivity contribution in [3.05, 3.63) is 65.4 Å². The molecule has 4 rings (SSSR count). The summed E-state index contributed by atoms with van der Waals surface area (Å²) >= 11 is 0. The lowest BCUT2D eigenvalue weighted by atomic mass is 9.86. The summed E-state index contributed by atoms with van der Waals surface area (Å²) in [5.74, 6) is -0.506. The van der Waals surface area contributed by atoms with Crippen LogP contribution in [0.2, 0.25) is 0 Å². The number of aromatic amines is 1. The molecule has 3 aromatic rings. The van der Waals surface area contributed by atoms with E-state index in [1.807, 2.05) is 12.1 Å². The zero-order valence-electron chi connectivity index (χ0n) is 14.5. The van der Waals surface area contributed by atoms with Gasteiger partial charge in [0.2, 0.25) is 5.91 Å². The molecule has 0 aliphatic heterocycles. The Labute approximate surface area is 151 Å². The number of H-pyrrole nitrogens is 1. The van der Waals surface area contributed by atoms with Crippen LogP contribution in [0.1, 0.15) is 28.0 Å². The number of aromatic nitrogens is 1. The van der Waals surface area contributed by atoms with E-state index in [1.54, 1.807) is 24.3 Å². The van der Waals surface area contributed by atoms with Crippen LogP contribution in [0.3, 0.4) is 0 Å². The Hall–Kier alpha value is -3.08. The second-order valence-corrected chi connectivity index (χ2v) is 6.63. The maximum Gasteiger partial charge on any atom is 0.337 e. The largest absolute Gasteiger partial charge is 0.465 e. The van der Waals surface area contributed by atoms with Gasteiger partial charge in [-0.15, -0.1) is 0 Å². The highest BCUT2D eigenvalue weighted by molar-refractivity contribution is 5.96. The molecule has 1 unspecified atom stereocenters. The number of methoxy groups -OCH3 is 1. The molecule has 0 saturated heterocycles. The number of hydrogen-bond donors (Lipinski definition) is 2. The number of esters is 1. The summed E-state index contributed by atoms with van der Waals surface area (Å²) in [4.78, 5) is 27.9. The fourth-order valence-corrected chi connectivity index (χ4v) is 3.68. The molecule has 0 radical (unpaired) electrons. The van der Waals surface area contributed by atoms with E-state index in [0.717, 1.165) is 24.8 Å². The van der Waals surface area contributed by atoms with Crippen molar-refractivity contribution < 1.29 is 14.3 Å². The molecule has 0 bridgehead atoms. The van der Waals surface area contributed by atoms with Crippen molar-refractivity contribution in [1.29, 1.82) is 0 Å². The van der Waals surface area contributed by atoms with Crippen molar-refractivity contribution in [2.24, 2.45) is 5.92 Å². The summed E-state index contributed by atoms with van der Waals surface area (Å²) in [5.41, 5.74) is 4.65. The summed E-state index contributed by atoms with van der Waals surface area (Å²) < 4.78 is 4.73. The summed E-state index contributed by atoms with van der Waals surface area (Å²) in [6.07, 6.45) is 2.40. The van der Waals surface area contributed by atoms with Crippen molar-refractivity contribution in [2.45, 2.75) is 19.3 Å². The van der Waals surface area contributed by atoms with Gasteiger partial charge in [0, 0.05) is 28.2 Å². The molecule has 1 aliphatic carbocycles. The number of nitrogens with one attached hydrogen (secondary N) is 2. The van der Waals surface area contributed by atoms with Gasteiger partial charge in [0.05, 0.1) is 12.7 Å². The average Bonchev–Trinajstić information content (AvgIpc) is 3.05. The van der Waals surface area contributed by atoms with E-state index in [2.05, 4.69) is 22.4 Å². The van der Waals surface area contributed by atoms with Crippen molar-refractivity contribution in [3.63, 3.8) is 0 Å². The monoisotopic (exact) mass is 348 g/mol. The number of amides is 1. The summed E-state index contributed by atoms with van der Waals surface area (Å²) in [7, 11) is 1.34. The number of carbonyl (C=O) groups is 2. The fourth-order valence-electron chi connectivity index (χ4n) is 3.68. The molecule has 5 heteroatoms. The summed E-state index contributed by atoms with van der Waals surface area (Å²) in [6, 6.07) is 15.0. The lowest BCUT2D eigenvalue weighted by Gasteiger charge is -2.22. The van der Waals surface area contributed by atoms with Crippen LogP contribution in [0.15, 0.2) is 48.5 Å². The lowest BCUT2D eigenvalue weighted by Crippen LogP contribution is -2.28. The first-order chi connectivity index (χ1) is 12.7. The number of ether oxygens (including phenoxy) is 1. The predicted octanol–water partition coefficient (Wildman–Crippen LogP) is 3.70. The van der Waals surface area contributed by atoms with E-state index < -0.39 is 5.97 Å². The Morgan fingerprint density at radius 3 is 2.85 bits per heavy atom. The van der Waals surface area contributed by atoms with Crippen LogP contribution >= 0.6 is 0 Å². The van der Waals surface area contributed by atoms with Crippen molar-refractivity contribution in [2.75, 3.05) is 12.4 Å².